The molecular weight excluding hydrogens is 226 g/mol. The van der Waals surface area contributed by atoms with Crippen molar-refractivity contribution in [3.63, 3.8) is 0 Å². The lowest BCUT2D eigenvalue weighted by molar-refractivity contribution is -0.142. The second kappa shape index (κ2) is 7.17. The molecule has 0 aliphatic carbocycles. The van der Waals surface area contributed by atoms with Gasteiger partial charge in [-0.15, -0.1) is 0 Å². The molecule has 100 valence electrons. The Labute approximate surface area is 109 Å². The van der Waals surface area contributed by atoms with E-state index in [1.54, 1.807) is 0 Å². The average molecular weight is 249 g/mol. The molecule has 0 bridgehead atoms. The first-order valence-electron chi connectivity index (χ1n) is 6.48. The highest BCUT2D eigenvalue weighted by Gasteiger charge is 2.18. The van der Waals surface area contributed by atoms with E-state index in [0.29, 0.717) is 12.5 Å². The van der Waals surface area contributed by atoms with Crippen LogP contribution in [0.3, 0.4) is 0 Å². The largest absolute Gasteiger partial charge is 0.481 e. The molecule has 1 unspecified atom stereocenters. The highest BCUT2D eigenvalue weighted by molar-refractivity contribution is 5.70. The summed E-state index contributed by atoms with van der Waals surface area (Å²) in [4.78, 5) is 11.1. The van der Waals surface area contributed by atoms with Gasteiger partial charge in [-0.1, -0.05) is 43.7 Å². The molecule has 3 heteroatoms. The van der Waals surface area contributed by atoms with Gasteiger partial charge < -0.3 is 10.4 Å². The van der Waals surface area contributed by atoms with Crippen molar-refractivity contribution in [3.05, 3.63) is 35.4 Å². The quantitative estimate of drug-likeness (QED) is 0.781. The summed E-state index contributed by atoms with van der Waals surface area (Å²) in [5.74, 6) is -0.595. The zero-order valence-corrected chi connectivity index (χ0v) is 11.4. The average Bonchev–Trinajstić information content (AvgIpc) is 2.29. The van der Waals surface area contributed by atoms with Gasteiger partial charge in [0.2, 0.25) is 0 Å². The molecule has 1 rings (SSSR count). The Balaban J connectivity index is 2.38. The van der Waals surface area contributed by atoms with E-state index in [4.69, 9.17) is 5.11 Å². The molecule has 18 heavy (non-hydrogen) atoms. The third-order valence-electron chi connectivity index (χ3n) is 2.95. The van der Waals surface area contributed by atoms with Crippen molar-refractivity contribution < 1.29 is 9.90 Å². The van der Waals surface area contributed by atoms with E-state index < -0.39 is 5.97 Å². The zero-order valence-electron chi connectivity index (χ0n) is 11.4. The molecule has 1 aromatic rings. The Kier molecular flexibility index (Phi) is 5.86. The SMILES string of the molecule is Cc1ccc(CNCC(CC(C)C)C(=O)O)cc1. The molecule has 0 aromatic heterocycles. The Bertz CT molecular complexity index is 371. The normalized spacial score (nSPS) is 12.7. The maximum absolute atomic E-state index is 11.1. The van der Waals surface area contributed by atoms with Crippen molar-refractivity contribution in [1.82, 2.24) is 5.32 Å². The maximum atomic E-state index is 11.1. The topological polar surface area (TPSA) is 49.3 Å². The third-order valence-corrected chi connectivity index (χ3v) is 2.95. The Morgan fingerprint density at radius 1 is 1.28 bits per heavy atom. The van der Waals surface area contributed by atoms with Crippen LogP contribution in [-0.2, 0) is 11.3 Å². The third kappa shape index (κ3) is 5.32. The lowest BCUT2D eigenvalue weighted by atomic mass is 9.97. The van der Waals surface area contributed by atoms with Crippen LogP contribution in [0.2, 0.25) is 0 Å². The molecule has 0 heterocycles. The molecule has 1 aromatic carbocycles. The summed E-state index contributed by atoms with van der Waals surface area (Å²) < 4.78 is 0. The number of carboxylic acids is 1. The predicted molar refractivity (Wildman–Crippen MR) is 73.5 cm³/mol. The van der Waals surface area contributed by atoms with E-state index in [1.165, 1.54) is 11.1 Å². The van der Waals surface area contributed by atoms with Crippen LogP contribution >= 0.6 is 0 Å². The molecule has 2 N–H and O–H groups in total. The van der Waals surface area contributed by atoms with E-state index in [-0.39, 0.29) is 5.92 Å². The minimum atomic E-state index is -0.708. The number of benzene rings is 1. The maximum Gasteiger partial charge on any atom is 0.307 e. The summed E-state index contributed by atoms with van der Waals surface area (Å²) in [6.07, 6.45) is 0.718. The summed E-state index contributed by atoms with van der Waals surface area (Å²) in [5.41, 5.74) is 2.43. The molecule has 0 aliphatic heterocycles. The molecule has 0 radical (unpaired) electrons. The monoisotopic (exact) mass is 249 g/mol. The number of carbonyl (C=O) groups is 1. The van der Waals surface area contributed by atoms with Gasteiger partial charge in [0.1, 0.15) is 0 Å². The molecule has 0 fully saturated rings. The lowest BCUT2D eigenvalue weighted by Crippen LogP contribution is -2.29. The van der Waals surface area contributed by atoms with Gasteiger partial charge in [0.15, 0.2) is 0 Å². The fourth-order valence-electron chi connectivity index (χ4n) is 1.94. The van der Waals surface area contributed by atoms with Crippen molar-refractivity contribution in [2.75, 3.05) is 6.54 Å². The Morgan fingerprint density at radius 2 is 1.89 bits per heavy atom. The number of hydrogen-bond donors (Lipinski definition) is 2. The predicted octanol–water partition coefficient (Wildman–Crippen LogP) is 2.83. The molecule has 0 saturated heterocycles. The van der Waals surface area contributed by atoms with Gasteiger partial charge in [0, 0.05) is 13.1 Å². The van der Waals surface area contributed by atoms with E-state index in [9.17, 15) is 4.79 Å². The number of aryl methyl sites for hydroxylation is 1. The molecule has 0 amide bonds. The van der Waals surface area contributed by atoms with Crippen molar-refractivity contribution in [3.8, 4) is 0 Å². The minimum Gasteiger partial charge on any atom is -0.481 e. The summed E-state index contributed by atoms with van der Waals surface area (Å²) in [6, 6.07) is 8.28. The number of nitrogens with one attached hydrogen (secondary N) is 1. The minimum absolute atomic E-state index is 0.296. The first kappa shape index (κ1) is 14.7. The van der Waals surface area contributed by atoms with Gasteiger partial charge >= 0.3 is 5.97 Å². The summed E-state index contributed by atoms with van der Waals surface area (Å²) in [6.45, 7) is 7.41. The van der Waals surface area contributed by atoms with Gasteiger partial charge in [0.25, 0.3) is 0 Å². The van der Waals surface area contributed by atoms with Gasteiger partial charge in [-0.25, -0.2) is 0 Å². The van der Waals surface area contributed by atoms with Gasteiger partial charge in [-0.05, 0) is 24.8 Å². The Hall–Kier alpha value is -1.35. The van der Waals surface area contributed by atoms with Crippen molar-refractivity contribution in [2.45, 2.75) is 33.7 Å². The fourth-order valence-corrected chi connectivity index (χ4v) is 1.94. The molecule has 0 aliphatic rings. The van der Waals surface area contributed by atoms with Crippen LogP contribution < -0.4 is 5.32 Å². The molecule has 0 spiro atoms. The number of rotatable bonds is 7. The number of hydrogen-bond acceptors (Lipinski definition) is 2. The lowest BCUT2D eigenvalue weighted by Gasteiger charge is -2.15. The van der Waals surface area contributed by atoms with Crippen LogP contribution in [0.1, 0.15) is 31.4 Å². The first-order chi connectivity index (χ1) is 8.49. The van der Waals surface area contributed by atoms with E-state index in [1.807, 2.05) is 0 Å². The smallest absolute Gasteiger partial charge is 0.307 e. The summed E-state index contributed by atoms with van der Waals surface area (Å²) in [5, 5.41) is 12.3. The van der Waals surface area contributed by atoms with Crippen LogP contribution in [-0.4, -0.2) is 17.6 Å². The highest BCUT2D eigenvalue weighted by atomic mass is 16.4. The van der Waals surface area contributed by atoms with Crippen LogP contribution in [0.25, 0.3) is 0 Å². The zero-order chi connectivity index (χ0) is 13.5. The molecule has 3 nitrogen and oxygen atoms in total. The van der Waals surface area contributed by atoms with E-state index in [2.05, 4.69) is 50.4 Å². The van der Waals surface area contributed by atoms with Gasteiger partial charge in [0.05, 0.1) is 5.92 Å². The van der Waals surface area contributed by atoms with Crippen LogP contribution in [0.15, 0.2) is 24.3 Å². The standard InChI is InChI=1S/C15H23NO2/c1-11(2)8-14(15(17)18)10-16-9-13-6-4-12(3)5-7-13/h4-7,11,14,16H,8-10H2,1-3H3,(H,17,18). The molecule has 0 saturated carbocycles. The molecular formula is C15H23NO2. The van der Waals surface area contributed by atoms with Crippen LogP contribution in [0, 0.1) is 18.8 Å². The van der Waals surface area contributed by atoms with E-state index in [0.717, 1.165) is 13.0 Å². The number of carboxylic acid groups (broad SMARTS) is 1. The van der Waals surface area contributed by atoms with Crippen molar-refractivity contribution >= 4 is 5.97 Å². The van der Waals surface area contributed by atoms with Crippen molar-refractivity contribution in [1.29, 1.82) is 0 Å². The Morgan fingerprint density at radius 3 is 2.39 bits per heavy atom. The van der Waals surface area contributed by atoms with Crippen LogP contribution in [0.4, 0.5) is 0 Å². The summed E-state index contributed by atoms with van der Waals surface area (Å²) >= 11 is 0. The first-order valence-corrected chi connectivity index (χ1v) is 6.48. The fraction of sp³-hybridized carbons (Fsp3) is 0.533. The second-order valence-corrected chi connectivity index (χ2v) is 5.28. The molecule has 1 atom stereocenters. The van der Waals surface area contributed by atoms with E-state index >= 15 is 0 Å². The van der Waals surface area contributed by atoms with Crippen molar-refractivity contribution in [2.24, 2.45) is 11.8 Å². The number of aliphatic carboxylic acids is 1. The highest BCUT2D eigenvalue weighted by Crippen LogP contribution is 2.11. The van der Waals surface area contributed by atoms with Gasteiger partial charge in [-0.2, -0.15) is 0 Å². The van der Waals surface area contributed by atoms with Crippen LogP contribution in [0.5, 0.6) is 0 Å². The summed E-state index contributed by atoms with van der Waals surface area (Å²) in [7, 11) is 0. The van der Waals surface area contributed by atoms with Gasteiger partial charge in [-0.3, -0.25) is 4.79 Å². The second-order valence-electron chi connectivity index (χ2n) is 5.28.